The average molecular weight is 317 g/mol. The van der Waals surface area contributed by atoms with Crippen LogP contribution in [0.3, 0.4) is 0 Å². The maximum Gasteiger partial charge on any atom is 0.226 e. The third kappa shape index (κ3) is 2.53. The summed E-state index contributed by atoms with van der Waals surface area (Å²) in [6.07, 6.45) is 8.19. The van der Waals surface area contributed by atoms with Gasteiger partial charge >= 0.3 is 0 Å². The van der Waals surface area contributed by atoms with Crippen LogP contribution in [0.4, 0.5) is 0 Å². The van der Waals surface area contributed by atoms with E-state index in [1.807, 2.05) is 0 Å². The van der Waals surface area contributed by atoms with Crippen LogP contribution in [0, 0.1) is 29.6 Å². The topological polar surface area (TPSA) is 35.6 Å². The van der Waals surface area contributed by atoms with Crippen LogP contribution in [-0.4, -0.2) is 61.0 Å². The molecule has 2 aliphatic heterocycles. The second-order valence-corrected chi connectivity index (χ2v) is 8.96. The monoisotopic (exact) mass is 317 g/mol. The summed E-state index contributed by atoms with van der Waals surface area (Å²) in [4.78, 5) is 18.1. The second kappa shape index (κ2) is 5.73. The Bertz CT molecular complexity index is 437. The van der Waals surface area contributed by atoms with Crippen LogP contribution < -0.4 is 5.32 Å². The van der Waals surface area contributed by atoms with Crippen molar-refractivity contribution in [2.75, 3.05) is 39.3 Å². The Morgan fingerprint density at radius 3 is 2.09 bits per heavy atom. The Morgan fingerprint density at radius 1 is 0.870 bits per heavy atom. The van der Waals surface area contributed by atoms with Crippen molar-refractivity contribution in [2.45, 2.75) is 44.6 Å². The van der Waals surface area contributed by atoms with Crippen LogP contribution >= 0.6 is 0 Å². The molecule has 2 heterocycles. The summed E-state index contributed by atoms with van der Waals surface area (Å²) in [6, 6.07) is 0.716. The molecule has 4 heteroatoms. The maximum absolute atomic E-state index is 13.2. The van der Waals surface area contributed by atoms with Crippen LogP contribution in [0.25, 0.3) is 0 Å². The molecule has 1 unspecified atom stereocenters. The predicted octanol–water partition coefficient (Wildman–Crippen LogP) is 1.56. The van der Waals surface area contributed by atoms with Gasteiger partial charge in [-0.1, -0.05) is 0 Å². The summed E-state index contributed by atoms with van der Waals surface area (Å²) in [5.74, 6) is 4.32. The van der Waals surface area contributed by atoms with Gasteiger partial charge in [0.2, 0.25) is 5.91 Å². The molecule has 0 radical (unpaired) electrons. The number of carbonyl (C=O) groups is 1. The molecule has 4 aliphatic carbocycles. The van der Waals surface area contributed by atoms with Gasteiger partial charge in [0.05, 0.1) is 0 Å². The zero-order valence-electron chi connectivity index (χ0n) is 14.3. The molecule has 0 aromatic heterocycles. The van der Waals surface area contributed by atoms with Crippen LogP contribution in [0.1, 0.15) is 38.5 Å². The molecule has 0 aromatic rings. The first-order chi connectivity index (χ1) is 11.3. The fraction of sp³-hybridized carbons (Fsp3) is 0.947. The minimum atomic E-state index is 0.391. The van der Waals surface area contributed by atoms with E-state index in [2.05, 4.69) is 15.1 Å². The van der Waals surface area contributed by atoms with E-state index in [0.717, 1.165) is 62.9 Å². The number of nitrogens with zero attached hydrogens (tertiary/aromatic N) is 2. The summed E-state index contributed by atoms with van der Waals surface area (Å²) >= 11 is 0. The Labute approximate surface area is 140 Å². The smallest absolute Gasteiger partial charge is 0.226 e. The average Bonchev–Trinajstić information content (AvgIpc) is 3.08. The summed E-state index contributed by atoms with van der Waals surface area (Å²) in [7, 11) is 0. The molecule has 1 N–H and O–H groups in total. The highest BCUT2D eigenvalue weighted by Crippen LogP contribution is 2.56. The number of amides is 1. The van der Waals surface area contributed by atoms with Crippen molar-refractivity contribution >= 4 is 5.91 Å². The predicted molar refractivity (Wildman–Crippen MR) is 90.0 cm³/mol. The van der Waals surface area contributed by atoms with Crippen molar-refractivity contribution < 1.29 is 4.79 Å². The second-order valence-electron chi connectivity index (χ2n) is 8.96. The van der Waals surface area contributed by atoms with Crippen molar-refractivity contribution in [3.05, 3.63) is 0 Å². The standard InChI is InChI=1S/C19H31N3O/c23-19(18-15-8-13-7-14(10-15)11-16(18)9-13)22-5-3-21(4-6-22)17-1-2-20-12-17/h13-18,20H,1-12H2. The maximum atomic E-state index is 13.2. The Balaban J connectivity index is 1.22. The molecule has 0 aromatic carbocycles. The van der Waals surface area contributed by atoms with Gasteiger partial charge in [-0.2, -0.15) is 0 Å². The lowest BCUT2D eigenvalue weighted by atomic mass is 9.51. The van der Waals surface area contributed by atoms with E-state index in [9.17, 15) is 4.79 Å². The Morgan fingerprint density at radius 2 is 1.52 bits per heavy atom. The molecule has 6 rings (SSSR count). The number of hydrogen-bond donors (Lipinski definition) is 1. The Hall–Kier alpha value is -0.610. The van der Waals surface area contributed by atoms with E-state index < -0.39 is 0 Å². The van der Waals surface area contributed by atoms with E-state index >= 15 is 0 Å². The first kappa shape index (κ1) is 14.7. The molecule has 2 saturated heterocycles. The Kier molecular flexibility index (Phi) is 3.67. The van der Waals surface area contributed by atoms with Gasteiger partial charge in [-0.05, 0) is 68.7 Å². The lowest BCUT2D eigenvalue weighted by Crippen LogP contribution is -2.57. The SMILES string of the molecule is O=C(C1C2CC3CC(C2)CC1C3)N1CCN(C2CCNC2)CC1. The van der Waals surface area contributed by atoms with Crippen molar-refractivity contribution in [3.8, 4) is 0 Å². The number of carbonyl (C=O) groups excluding carboxylic acids is 1. The number of piperazine rings is 1. The quantitative estimate of drug-likeness (QED) is 0.840. The fourth-order valence-electron chi connectivity index (χ4n) is 6.80. The molecule has 4 bridgehead atoms. The van der Waals surface area contributed by atoms with E-state index in [1.165, 1.54) is 38.5 Å². The molecule has 1 amide bonds. The highest BCUT2D eigenvalue weighted by Gasteiger charge is 2.51. The van der Waals surface area contributed by atoms with Crippen molar-refractivity contribution in [1.82, 2.24) is 15.1 Å². The number of nitrogens with one attached hydrogen (secondary N) is 1. The molecule has 4 nitrogen and oxygen atoms in total. The van der Waals surface area contributed by atoms with E-state index in [-0.39, 0.29) is 0 Å². The van der Waals surface area contributed by atoms with Gasteiger partial charge < -0.3 is 10.2 Å². The van der Waals surface area contributed by atoms with Crippen LogP contribution in [0.2, 0.25) is 0 Å². The minimum absolute atomic E-state index is 0.391. The molecular formula is C19H31N3O. The van der Waals surface area contributed by atoms with E-state index in [0.29, 0.717) is 17.9 Å². The van der Waals surface area contributed by atoms with Crippen molar-refractivity contribution in [3.63, 3.8) is 0 Å². The number of rotatable bonds is 2. The van der Waals surface area contributed by atoms with Gasteiger partial charge in [-0.15, -0.1) is 0 Å². The van der Waals surface area contributed by atoms with Gasteiger partial charge in [0, 0.05) is 44.7 Å². The third-order valence-electron chi connectivity index (χ3n) is 7.69. The lowest BCUT2D eigenvalue weighted by Gasteiger charge is -2.54. The minimum Gasteiger partial charge on any atom is -0.340 e. The van der Waals surface area contributed by atoms with Crippen LogP contribution in [-0.2, 0) is 4.79 Å². The molecule has 4 saturated carbocycles. The highest BCUT2D eigenvalue weighted by molar-refractivity contribution is 5.80. The van der Waals surface area contributed by atoms with Gasteiger partial charge in [-0.3, -0.25) is 9.69 Å². The third-order valence-corrected chi connectivity index (χ3v) is 7.69. The van der Waals surface area contributed by atoms with Gasteiger partial charge in [0.15, 0.2) is 0 Å². The molecule has 1 atom stereocenters. The number of hydrogen-bond acceptors (Lipinski definition) is 3. The molecule has 0 spiro atoms. The fourth-order valence-corrected chi connectivity index (χ4v) is 6.80. The van der Waals surface area contributed by atoms with E-state index in [4.69, 9.17) is 0 Å². The van der Waals surface area contributed by atoms with Gasteiger partial charge in [-0.25, -0.2) is 0 Å². The zero-order chi connectivity index (χ0) is 15.4. The normalized spacial score (nSPS) is 46.5. The van der Waals surface area contributed by atoms with Crippen LogP contribution in [0.15, 0.2) is 0 Å². The molecule has 23 heavy (non-hydrogen) atoms. The van der Waals surface area contributed by atoms with Crippen molar-refractivity contribution in [1.29, 1.82) is 0 Å². The first-order valence-corrected chi connectivity index (χ1v) is 10.0. The zero-order valence-corrected chi connectivity index (χ0v) is 14.3. The van der Waals surface area contributed by atoms with Gasteiger partial charge in [0.1, 0.15) is 0 Å². The molecule has 6 fully saturated rings. The largest absolute Gasteiger partial charge is 0.340 e. The van der Waals surface area contributed by atoms with Gasteiger partial charge in [0.25, 0.3) is 0 Å². The summed E-state index contributed by atoms with van der Waals surface area (Å²) < 4.78 is 0. The summed E-state index contributed by atoms with van der Waals surface area (Å²) in [6.45, 7) is 6.42. The summed E-state index contributed by atoms with van der Waals surface area (Å²) in [5.41, 5.74) is 0. The molecule has 128 valence electrons. The van der Waals surface area contributed by atoms with Crippen LogP contribution in [0.5, 0.6) is 0 Å². The van der Waals surface area contributed by atoms with E-state index in [1.54, 1.807) is 0 Å². The molecular weight excluding hydrogens is 286 g/mol. The molecule has 6 aliphatic rings. The lowest BCUT2D eigenvalue weighted by molar-refractivity contribution is -0.151. The first-order valence-electron chi connectivity index (χ1n) is 10.0. The van der Waals surface area contributed by atoms with Crippen molar-refractivity contribution in [2.24, 2.45) is 29.6 Å². The highest BCUT2D eigenvalue weighted by atomic mass is 16.2. The summed E-state index contributed by atoms with van der Waals surface area (Å²) in [5, 5.41) is 3.47.